The van der Waals surface area contributed by atoms with Gasteiger partial charge in [-0.25, -0.2) is 0 Å². The molecule has 0 aliphatic carbocycles. The van der Waals surface area contributed by atoms with Crippen LogP contribution in [-0.2, 0) is 11.3 Å². The van der Waals surface area contributed by atoms with Crippen molar-refractivity contribution in [2.75, 3.05) is 0 Å². The van der Waals surface area contributed by atoms with Crippen LogP contribution in [-0.4, -0.2) is 11.8 Å². The van der Waals surface area contributed by atoms with Gasteiger partial charge in [-0.15, -0.1) is 0 Å². The standard InChI is InChI=1S/C25H21ClN2O2/c26-22-16-8-7-15-21(22)24(29)28-23(17-9-14-19-10-3-1-4-11-19)25(30)27-18-20-12-5-2-6-13-20/h1-17H,18H2,(H,27,30)(H,28,29)/b14-9+,23-17+. The number of nitrogens with one attached hydrogen (secondary N) is 2. The number of rotatable bonds is 7. The van der Waals surface area contributed by atoms with E-state index in [1.165, 1.54) is 0 Å². The number of amides is 2. The Morgan fingerprint density at radius 1 is 0.833 bits per heavy atom. The molecule has 5 heteroatoms. The molecule has 0 aromatic heterocycles. The zero-order valence-electron chi connectivity index (χ0n) is 16.2. The van der Waals surface area contributed by atoms with Gasteiger partial charge >= 0.3 is 0 Å². The molecular formula is C25H21ClN2O2. The fraction of sp³-hybridized carbons (Fsp3) is 0.0400. The summed E-state index contributed by atoms with van der Waals surface area (Å²) in [4.78, 5) is 25.4. The summed E-state index contributed by atoms with van der Waals surface area (Å²) in [6.07, 6.45) is 5.15. The molecule has 0 unspecified atom stereocenters. The predicted octanol–water partition coefficient (Wildman–Crippen LogP) is 4.98. The van der Waals surface area contributed by atoms with Crippen molar-refractivity contribution in [2.24, 2.45) is 0 Å². The first kappa shape index (κ1) is 21.1. The molecule has 3 rings (SSSR count). The minimum absolute atomic E-state index is 0.128. The fourth-order valence-corrected chi connectivity index (χ4v) is 2.92. The average Bonchev–Trinajstić information content (AvgIpc) is 2.78. The van der Waals surface area contributed by atoms with Crippen LogP contribution < -0.4 is 10.6 Å². The molecule has 0 heterocycles. The number of halogens is 1. The van der Waals surface area contributed by atoms with Crippen LogP contribution >= 0.6 is 11.6 Å². The van der Waals surface area contributed by atoms with Gasteiger partial charge in [0.2, 0.25) is 0 Å². The van der Waals surface area contributed by atoms with Crippen molar-refractivity contribution < 1.29 is 9.59 Å². The number of carbonyl (C=O) groups is 2. The number of hydrogen-bond donors (Lipinski definition) is 2. The van der Waals surface area contributed by atoms with Crippen molar-refractivity contribution in [3.63, 3.8) is 0 Å². The zero-order chi connectivity index (χ0) is 21.2. The summed E-state index contributed by atoms with van der Waals surface area (Å²) >= 11 is 6.11. The SMILES string of the molecule is O=C(NCc1ccccc1)/C(=C\C=C\c1ccccc1)NC(=O)c1ccccc1Cl. The summed E-state index contributed by atoms with van der Waals surface area (Å²) in [6.45, 7) is 0.349. The Morgan fingerprint density at radius 3 is 2.17 bits per heavy atom. The molecule has 150 valence electrons. The van der Waals surface area contributed by atoms with Crippen LogP contribution in [0.2, 0.25) is 5.02 Å². The lowest BCUT2D eigenvalue weighted by Gasteiger charge is -2.11. The van der Waals surface area contributed by atoms with Gasteiger partial charge in [0.25, 0.3) is 11.8 Å². The third-order valence-corrected chi connectivity index (χ3v) is 4.59. The van der Waals surface area contributed by atoms with Crippen molar-refractivity contribution in [3.8, 4) is 0 Å². The first-order valence-corrected chi connectivity index (χ1v) is 9.83. The minimum Gasteiger partial charge on any atom is -0.347 e. The van der Waals surface area contributed by atoms with Crippen LogP contribution in [0.1, 0.15) is 21.5 Å². The van der Waals surface area contributed by atoms with Crippen LogP contribution in [0.3, 0.4) is 0 Å². The Kier molecular flexibility index (Phi) is 7.58. The highest BCUT2D eigenvalue weighted by Crippen LogP contribution is 2.15. The molecule has 0 radical (unpaired) electrons. The van der Waals surface area contributed by atoms with Gasteiger partial charge < -0.3 is 10.6 Å². The molecular weight excluding hydrogens is 396 g/mol. The topological polar surface area (TPSA) is 58.2 Å². The Hall–Kier alpha value is -3.63. The van der Waals surface area contributed by atoms with Crippen LogP contribution in [0, 0.1) is 0 Å². The van der Waals surface area contributed by atoms with E-state index in [1.807, 2.05) is 66.7 Å². The maximum Gasteiger partial charge on any atom is 0.268 e. The van der Waals surface area contributed by atoms with Crippen LogP contribution in [0.15, 0.2) is 103 Å². The van der Waals surface area contributed by atoms with Crippen LogP contribution in [0.4, 0.5) is 0 Å². The quantitative estimate of drug-likeness (QED) is 0.421. The maximum absolute atomic E-state index is 12.7. The lowest BCUT2D eigenvalue weighted by molar-refractivity contribution is -0.118. The van der Waals surface area contributed by atoms with Gasteiger partial charge in [-0.05, 0) is 29.3 Å². The Labute approximate surface area is 180 Å². The fourth-order valence-electron chi connectivity index (χ4n) is 2.70. The van der Waals surface area contributed by atoms with E-state index in [4.69, 9.17) is 11.6 Å². The highest BCUT2D eigenvalue weighted by molar-refractivity contribution is 6.34. The van der Waals surface area contributed by atoms with Gasteiger partial charge in [0.05, 0.1) is 10.6 Å². The third kappa shape index (κ3) is 6.19. The van der Waals surface area contributed by atoms with E-state index in [0.717, 1.165) is 11.1 Å². The summed E-state index contributed by atoms with van der Waals surface area (Å²) in [6, 6.07) is 25.9. The second kappa shape index (κ2) is 10.8. The van der Waals surface area contributed by atoms with Crippen LogP contribution in [0.5, 0.6) is 0 Å². The normalized spacial score (nSPS) is 11.3. The summed E-state index contributed by atoms with van der Waals surface area (Å²) in [7, 11) is 0. The molecule has 0 aliphatic heterocycles. The molecule has 0 bridgehead atoms. The van der Waals surface area contributed by atoms with Gasteiger partial charge in [-0.2, -0.15) is 0 Å². The molecule has 0 saturated carbocycles. The summed E-state index contributed by atoms with van der Waals surface area (Å²) in [5.74, 6) is -0.841. The molecule has 4 nitrogen and oxygen atoms in total. The number of allylic oxidation sites excluding steroid dienone is 2. The lowest BCUT2D eigenvalue weighted by atomic mass is 10.2. The minimum atomic E-state index is -0.449. The maximum atomic E-state index is 12.7. The van der Waals surface area contributed by atoms with E-state index in [2.05, 4.69) is 10.6 Å². The van der Waals surface area contributed by atoms with Gasteiger partial charge in [-0.3, -0.25) is 9.59 Å². The molecule has 2 N–H and O–H groups in total. The van der Waals surface area contributed by atoms with E-state index >= 15 is 0 Å². The molecule has 3 aromatic rings. The second-order valence-corrected chi connectivity index (χ2v) is 6.86. The molecule has 0 fully saturated rings. The predicted molar refractivity (Wildman–Crippen MR) is 121 cm³/mol. The average molecular weight is 417 g/mol. The summed E-state index contributed by atoms with van der Waals surface area (Å²) < 4.78 is 0. The van der Waals surface area contributed by atoms with Crippen molar-refractivity contribution in [1.82, 2.24) is 10.6 Å². The van der Waals surface area contributed by atoms with Crippen molar-refractivity contribution >= 4 is 29.5 Å². The lowest BCUT2D eigenvalue weighted by Crippen LogP contribution is -2.34. The van der Waals surface area contributed by atoms with Gasteiger partial charge in [0, 0.05) is 6.54 Å². The molecule has 0 saturated heterocycles. The second-order valence-electron chi connectivity index (χ2n) is 6.45. The van der Waals surface area contributed by atoms with Crippen molar-refractivity contribution in [3.05, 3.63) is 124 Å². The van der Waals surface area contributed by atoms with E-state index in [1.54, 1.807) is 36.4 Å². The summed E-state index contributed by atoms with van der Waals surface area (Å²) in [5, 5.41) is 5.82. The highest BCUT2D eigenvalue weighted by atomic mass is 35.5. The number of hydrogen-bond acceptors (Lipinski definition) is 2. The zero-order valence-corrected chi connectivity index (χ0v) is 17.0. The van der Waals surface area contributed by atoms with Crippen molar-refractivity contribution in [1.29, 1.82) is 0 Å². The van der Waals surface area contributed by atoms with E-state index < -0.39 is 11.8 Å². The summed E-state index contributed by atoms with van der Waals surface area (Å²) in [5.41, 5.74) is 2.37. The van der Waals surface area contributed by atoms with Crippen LogP contribution in [0.25, 0.3) is 6.08 Å². The first-order chi connectivity index (χ1) is 14.6. The molecule has 0 aliphatic rings. The number of carbonyl (C=O) groups excluding carboxylic acids is 2. The molecule has 0 atom stereocenters. The van der Waals surface area contributed by atoms with E-state index in [0.29, 0.717) is 17.1 Å². The van der Waals surface area contributed by atoms with Gasteiger partial charge in [0.1, 0.15) is 5.70 Å². The first-order valence-electron chi connectivity index (χ1n) is 9.45. The Bertz CT molecular complexity index is 1060. The molecule has 30 heavy (non-hydrogen) atoms. The van der Waals surface area contributed by atoms with E-state index in [9.17, 15) is 9.59 Å². The van der Waals surface area contributed by atoms with Gasteiger partial charge in [0.15, 0.2) is 0 Å². The van der Waals surface area contributed by atoms with E-state index in [-0.39, 0.29) is 5.70 Å². The molecule has 3 aromatic carbocycles. The highest BCUT2D eigenvalue weighted by Gasteiger charge is 2.15. The number of benzene rings is 3. The van der Waals surface area contributed by atoms with Crippen molar-refractivity contribution in [2.45, 2.75) is 6.54 Å². The Morgan fingerprint density at radius 2 is 1.47 bits per heavy atom. The van der Waals surface area contributed by atoms with Gasteiger partial charge in [-0.1, -0.05) is 96.5 Å². The molecule has 2 amide bonds. The third-order valence-electron chi connectivity index (χ3n) is 4.26. The Balaban J connectivity index is 1.77. The smallest absolute Gasteiger partial charge is 0.268 e. The largest absolute Gasteiger partial charge is 0.347 e. The molecule has 0 spiro atoms. The monoisotopic (exact) mass is 416 g/mol.